The van der Waals surface area contributed by atoms with Crippen LogP contribution in [-0.4, -0.2) is 28.7 Å². The molecule has 0 aliphatic carbocycles. The maximum Gasteiger partial charge on any atom is 0.343 e. The Bertz CT molecular complexity index is 1400. The number of carbonyl (C=O) groups is 1. The van der Waals surface area contributed by atoms with E-state index in [0.717, 1.165) is 16.8 Å². The van der Waals surface area contributed by atoms with Crippen LogP contribution in [0.5, 0.6) is 0 Å². The molecule has 1 aromatic carbocycles. The van der Waals surface area contributed by atoms with Crippen LogP contribution < -0.4 is 10.7 Å². The van der Waals surface area contributed by atoms with Crippen molar-refractivity contribution in [2.75, 3.05) is 0 Å². The van der Waals surface area contributed by atoms with Gasteiger partial charge in [-0.3, -0.25) is 4.79 Å². The minimum Gasteiger partial charge on any atom is -0.458 e. The lowest BCUT2D eigenvalue weighted by atomic mass is 9.86. The van der Waals surface area contributed by atoms with E-state index in [4.69, 9.17) is 9.72 Å². The Morgan fingerprint density at radius 2 is 1.94 bits per heavy atom. The van der Waals surface area contributed by atoms with Crippen molar-refractivity contribution in [1.82, 2.24) is 9.55 Å². The molecule has 0 fully saturated rings. The minimum absolute atomic E-state index is 0.111. The summed E-state index contributed by atoms with van der Waals surface area (Å²) in [6.45, 7) is 13.5. The number of aliphatic hydroxyl groups is 1. The summed E-state index contributed by atoms with van der Waals surface area (Å²) in [5.41, 5.74) is 3.47. The monoisotopic (exact) mass is 462 g/mol. The van der Waals surface area contributed by atoms with Crippen LogP contribution in [-0.2, 0) is 28.3 Å². The molecule has 4 heterocycles. The Morgan fingerprint density at radius 1 is 1.21 bits per heavy atom. The Morgan fingerprint density at radius 3 is 2.58 bits per heavy atom. The van der Waals surface area contributed by atoms with Gasteiger partial charge in [0.25, 0.3) is 5.56 Å². The highest BCUT2D eigenvalue weighted by Crippen LogP contribution is 2.39. The standard InChI is InChI=1S/C26H30N2O4Si/c1-7-26(31)18-11-20-22-16(12-28(20)24(29)17(18)13-32-25(26)30)23(33(4,5)6)21-15(14(2)3)9-8-10-19(21)27-22/h8-11,14,31H,7,12-13H2,1-6H3/t26-/m0/s1. The Labute approximate surface area is 194 Å². The fraction of sp³-hybridized carbons (Fsp3) is 0.423. The molecular formula is C26H30N2O4Si. The van der Waals surface area contributed by atoms with E-state index >= 15 is 0 Å². The Hall–Kier alpha value is -2.77. The first kappa shape index (κ1) is 22.0. The van der Waals surface area contributed by atoms with Crippen LogP contribution in [0.3, 0.4) is 0 Å². The van der Waals surface area contributed by atoms with Gasteiger partial charge in [-0.05, 0) is 40.8 Å². The minimum atomic E-state index is -1.85. The Balaban J connectivity index is 1.89. The summed E-state index contributed by atoms with van der Waals surface area (Å²) in [7, 11) is -1.85. The summed E-state index contributed by atoms with van der Waals surface area (Å²) in [6, 6.07) is 8.07. The molecule has 1 N–H and O–H groups in total. The molecule has 172 valence electrons. The summed E-state index contributed by atoms with van der Waals surface area (Å²) < 4.78 is 6.94. The van der Waals surface area contributed by atoms with Crippen molar-refractivity contribution >= 4 is 30.1 Å². The van der Waals surface area contributed by atoms with Gasteiger partial charge in [-0.25, -0.2) is 9.78 Å². The van der Waals surface area contributed by atoms with E-state index in [1.165, 1.54) is 16.1 Å². The molecule has 0 bridgehead atoms. The van der Waals surface area contributed by atoms with Crippen LogP contribution in [0.1, 0.15) is 55.4 Å². The number of carbonyl (C=O) groups excluding carboxylic acids is 1. The van der Waals surface area contributed by atoms with Crippen molar-refractivity contribution in [1.29, 1.82) is 0 Å². The molecule has 33 heavy (non-hydrogen) atoms. The molecule has 3 aromatic rings. The van der Waals surface area contributed by atoms with Crippen molar-refractivity contribution < 1.29 is 14.6 Å². The van der Waals surface area contributed by atoms with Gasteiger partial charge in [-0.15, -0.1) is 0 Å². The molecule has 2 aliphatic rings. The number of benzene rings is 1. The number of esters is 1. The van der Waals surface area contributed by atoms with Gasteiger partial charge in [0, 0.05) is 10.9 Å². The molecule has 1 atom stereocenters. The van der Waals surface area contributed by atoms with Crippen molar-refractivity contribution in [3.8, 4) is 11.4 Å². The van der Waals surface area contributed by atoms with Crippen LogP contribution in [0.4, 0.5) is 0 Å². The second kappa shape index (κ2) is 7.11. The highest BCUT2D eigenvalue weighted by molar-refractivity contribution is 6.90. The first-order valence-electron chi connectivity index (χ1n) is 11.6. The molecule has 2 aromatic heterocycles. The summed E-state index contributed by atoms with van der Waals surface area (Å²) >= 11 is 0. The zero-order valence-electron chi connectivity index (χ0n) is 20.1. The van der Waals surface area contributed by atoms with Gasteiger partial charge in [0.2, 0.25) is 0 Å². The molecule has 0 amide bonds. The summed E-state index contributed by atoms with van der Waals surface area (Å²) in [5, 5.41) is 13.7. The molecule has 0 saturated heterocycles. The average molecular weight is 463 g/mol. The summed E-state index contributed by atoms with van der Waals surface area (Å²) in [6.07, 6.45) is 0.137. The summed E-state index contributed by atoms with van der Waals surface area (Å²) in [4.78, 5) is 31.1. The van der Waals surface area contributed by atoms with E-state index < -0.39 is 19.6 Å². The van der Waals surface area contributed by atoms with Gasteiger partial charge in [-0.1, -0.05) is 52.5 Å². The molecular weight excluding hydrogens is 432 g/mol. The third-order valence-corrected chi connectivity index (χ3v) is 9.17. The van der Waals surface area contributed by atoms with Gasteiger partial charge in [-0.2, -0.15) is 0 Å². The lowest BCUT2D eigenvalue weighted by Gasteiger charge is -2.31. The van der Waals surface area contributed by atoms with Crippen LogP contribution in [0.25, 0.3) is 22.3 Å². The van der Waals surface area contributed by atoms with E-state index in [2.05, 4.69) is 39.6 Å². The van der Waals surface area contributed by atoms with Crippen LogP contribution in [0, 0.1) is 0 Å². The van der Waals surface area contributed by atoms with E-state index in [9.17, 15) is 14.7 Å². The zero-order valence-corrected chi connectivity index (χ0v) is 21.1. The average Bonchev–Trinajstić information content (AvgIpc) is 3.12. The number of cyclic esters (lactones) is 1. The number of fused-ring (bicyclic) bond motifs is 5. The SMILES string of the molecule is CC[C@@]1(O)C(=O)OCc2c1cc1n(c2=O)Cc2c-1nc1cccc(C(C)C)c1c2[Si](C)(C)C. The molecule has 0 saturated carbocycles. The molecule has 5 rings (SSSR count). The van der Waals surface area contributed by atoms with Gasteiger partial charge in [0.1, 0.15) is 6.61 Å². The van der Waals surface area contributed by atoms with Crippen molar-refractivity contribution in [3.05, 3.63) is 56.9 Å². The van der Waals surface area contributed by atoms with Crippen molar-refractivity contribution in [2.24, 2.45) is 0 Å². The third kappa shape index (κ3) is 2.98. The maximum atomic E-state index is 13.6. The fourth-order valence-corrected chi connectivity index (χ4v) is 7.59. The molecule has 6 nitrogen and oxygen atoms in total. The van der Waals surface area contributed by atoms with Gasteiger partial charge < -0.3 is 14.4 Å². The van der Waals surface area contributed by atoms with Gasteiger partial charge >= 0.3 is 5.97 Å². The normalized spacial score (nSPS) is 19.5. The number of rotatable bonds is 3. The topological polar surface area (TPSA) is 81.4 Å². The quantitative estimate of drug-likeness (QED) is 0.370. The van der Waals surface area contributed by atoms with E-state index in [1.54, 1.807) is 17.6 Å². The first-order valence-corrected chi connectivity index (χ1v) is 15.1. The van der Waals surface area contributed by atoms with Crippen molar-refractivity contribution in [2.45, 2.75) is 71.5 Å². The van der Waals surface area contributed by atoms with Gasteiger partial charge in [0.05, 0.1) is 37.1 Å². The largest absolute Gasteiger partial charge is 0.458 e. The lowest BCUT2D eigenvalue weighted by molar-refractivity contribution is -0.172. The highest BCUT2D eigenvalue weighted by atomic mass is 28.3. The lowest BCUT2D eigenvalue weighted by Crippen LogP contribution is -2.44. The highest BCUT2D eigenvalue weighted by Gasteiger charge is 2.45. The number of pyridine rings is 2. The van der Waals surface area contributed by atoms with E-state index in [1.807, 2.05) is 12.1 Å². The van der Waals surface area contributed by atoms with E-state index in [-0.39, 0.29) is 18.6 Å². The Kier molecular flexibility index (Phi) is 4.75. The zero-order chi connectivity index (χ0) is 23.9. The predicted molar refractivity (Wildman–Crippen MR) is 132 cm³/mol. The second-order valence-corrected chi connectivity index (χ2v) is 15.6. The number of ether oxygens (including phenoxy) is 1. The number of hydrogen-bond donors (Lipinski definition) is 1. The van der Waals surface area contributed by atoms with Crippen LogP contribution in [0.15, 0.2) is 29.1 Å². The molecule has 7 heteroatoms. The molecule has 2 aliphatic heterocycles. The number of hydrogen-bond acceptors (Lipinski definition) is 5. The molecule has 0 radical (unpaired) electrons. The van der Waals surface area contributed by atoms with E-state index in [0.29, 0.717) is 29.3 Å². The smallest absolute Gasteiger partial charge is 0.343 e. The first-order chi connectivity index (χ1) is 15.5. The predicted octanol–water partition coefficient (Wildman–Crippen LogP) is 3.75. The molecule has 0 spiro atoms. The summed E-state index contributed by atoms with van der Waals surface area (Å²) in [5.74, 6) is -0.346. The third-order valence-electron chi connectivity index (χ3n) is 7.12. The maximum absolute atomic E-state index is 13.6. The second-order valence-electron chi connectivity index (χ2n) is 10.6. The van der Waals surface area contributed by atoms with Gasteiger partial charge in [0.15, 0.2) is 5.60 Å². The fourth-order valence-electron chi connectivity index (χ4n) is 5.47. The van der Waals surface area contributed by atoms with Crippen LogP contribution >= 0.6 is 0 Å². The van der Waals surface area contributed by atoms with Crippen molar-refractivity contribution in [3.63, 3.8) is 0 Å². The number of nitrogens with zero attached hydrogens (tertiary/aromatic N) is 2. The molecule has 0 unspecified atom stereocenters. The van der Waals surface area contributed by atoms with Crippen LogP contribution in [0.2, 0.25) is 19.6 Å². The number of aromatic nitrogens is 2.